The number of hydrogen-bond acceptors (Lipinski definition) is 2. The van der Waals surface area contributed by atoms with Gasteiger partial charge in [-0.05, 0) is 61.7 Å². The van der Waals surface area contributed by atoms with Crippen LogP contribution in [0.2, 0.25) is 0 Å². The van der Waals surface area contributed by atoms with E-state index in [0.717, 1.165) is 18.4 Å². The fourth-order valence-electron chi connectivity index (χ4n) is 2.62. The zero-order valence-electron chi connectivity index (χ0n) is 14.0. The van der Waals surface area contributed by atoms with Gasteiger partial charge in [0.1, 0.15) is 11.6 Å². The number of aryl methyl sites for hydroxylation is 1. The maximum Gasteiger partial charge on any atom is 0.287 e. The van der Waals surface area contributed by atoms with Crippen LogP contribution in [0.15, 0.2) is 71.1 Å². The number of nitrogens with one attached hydrogen (secondary N) is 1. The van der Waals surface area contributed by atoms with Gasteiger partial charge in [-0.25, -0.2) is 4.39 Å². The second-order valence-corrected chi connectivity index (χ2v) is 6.07. The van der Waals surface area contributed by atoms with Crippen LogP contribution in [0, 0.1) is 5.82 Å². The lowest BCUT2D eigenvalue weighted by atomic mass is 10.1. The Labute approximate surface area is 146 Å². The van der Waals surface area contributed by atoms with Crippen molar-refractivity contribution in [3.05, 3.63) is 83.9 Å². The van der Waals surface area contributed by atoms with Crippen LogP contribution in [0.4, 0.5) is 4.39 Å². The van der Waals surface area contributed by atoms with Gasteiger partial charge in [0.15, 0.2) is 5.76 Å². The second kappa shape index (κ2) is 7.79. The van der Waals surface area contributed by atoms with Gasteiger partial charge in [0.25, 0.3) is 5.91 Å². The molecule has 0 saturated heterocycles. The molecule has 3 aromatic rings. The summed E-state index contributed by atoms with van der Waals surface area (Å²) in [5, 5.41) is 2.95. The number of furan rings is 1. The molecule has 0 aliphatic rings. The van der Waals surface area contributed by atoms with Gasteiger partial charge in [0, 0.05) is 11.6 Å². The Morgan fingerprint density at radius 3 is 2.48 bits per heavy atom. The molecule has 0 aliphatic carbocycles. The third-order valence-corrected chi connectivity index (χ3v) is 4.04. The van der Waals surface area contributed by atoms with Crippen LogP contribution in [0.1, 0.15) is 29.5 Å². The molecule has 25 heavy (non-hydrogen) atoms. The number of rotatable bonds is 6. The van der Waals surface area contributed by atoms with E-state index in [1.54, 1.807) is 24.3 Å². The molecule has 0 aliphatic heterocycles. The summed E-state index contributed by atoms with van der Waals surface area (Å²) in [7, 11) is 0. The van der Waals surface area contributed by atoms with Crippen LogP contribution in [-0.2, 0) is 6.42 Å². The first kappa shape index (κ1) is 17.0. The van der Waals surface area contributed by atoms with Crippen LogP contribution >= 0.6 is 0 Å². The third kappa shape index (κ3) is 4.57. The van der Waals surface area contributed by atoms with E-state index in [4.69, 9.17) is 4.42 Å². The molecule has 128 valence electrons. The molecule has 0 bridgehead atoms. The van der Waals surface area contributed by atoms with E-state index >= 15 is 0 Å². The van der Waals surface area contributed by atoms with Crippen LogP contribution in [-0.4, -0.2) is 11.9 Å². The summed E-state index contributed by atoms with van der Waals surface area (Å²) in [5.74, 6) is 0.252. The van der Waals surface area contributed by atoms with Crippen LogP contribution in [0.3, 0.4) is 0 Å². The lowest BCUT2D eigenvalue weighted by Gasteiger charge is -2.12. The summed E-state index contributed by atoms with van der Waals surface area (Å²) < 4.78 is 18.6. The van der Waals surface area contributed by atoms with E-state index in [1.807, 2.05) is 25.1 Å². The summed E-state index contributed by atoms with van der Waals surface area (Å²) in [5.41, 5.74) is 1.98. The van der Waals surface area contributed by atoms with Crippen molar-refractivity contribution in [1.82, 2.24) is 5.32 Å². The molecule has 1 N–H and O–H groups in total. The topological polar surface area (TPSA) is 42.2 Å². The van der Waals surface area contributed by atoms with Gasteiger partial charge >= 0.3 is 0 Å². The predicted molar refractivity (Wildman–Crippen MR) is 95.8 cm³/mol. The highest BCUT2D eigenvalue weighted by atomic mass is 19.1. The monoisotopic (exact) mass is 337 g/mol. The summed E-state index contributed by atoms with van der Waals surface area (Å²) in [4.78, 5) is 12.3. The summed E-state index contributed by atoms with van der Waals surface area (Å²) in [6, 6.07) is 19.5. The maximum atomic E-state index is 13.0. The minimum Gasteiger partial charge on any atom is -0.451 e. The molecule has 3 nitrogen and oxygen atoms in total. The van der Waals surface area contributed by atoms with Gasteiger partial charge in [-0.2, -0.15) is 0 Å². The van der Waals surface area contributed by atoms with Gasteiger partial charge in [0.05, 0.1) is 0 Å². The highest BCUT2D eigenvalue weighted by Crippen LogP contribution is 2.22. The van der Waals surface area contributed by atoms with E-state index in [0.29, 0.717) is 5.76 Å². The normalized spacial score (nSPS) is 11.9. The van der Waals surface area contributed by atoms with Crippen molar-refractivity contribution in [2.24, 2.45) is 0 Å². The van der Waals surface area contributed by atoms with Crippen LogP contribution in [0.25, 0.3) is 11.3 Å². The lowest BCUT2D eigenvalue weighted by Crippen LogP contribution is -2.32. The summed E-state index contributed by atoms with van der Waals surface area (Å²) >= 11 is 0. The number of benzene rings is 2. The first-order valence-corrected chi connectivity index (χ1v) is 8.32. The van der Waals surface area contributed by atoms with Crippen molar-refractivity contribution in [3.8, 4) is 11.3 Å². The van der Waals surface area contributed by atoms with E-state index in [1.165, 1.54) is 17.7 Å². The molecule has 0 spiro atoms. The highest BCUT2D eigenvalue weighted by Gasteiger charge is 2.14. The van der Waals surface area contributed by atoms with Crippen molar-refractivity contribution in [1.29, 1.82) is 0 Å². The van der Waals surface area contributed by atoms with E-state index in [-0.39, 0.29) is 23.5 Å². The summed E-state index contributed by atoms with van der Waals surface area (Å²) in [6.45, 7) is 1.98. The van der Waals surface area contributed by atoms with Crippen molar-refractivity contribution in [3.63, 3.8) is 0 Å². The first-order valence-electron chi connectivity index (χ1n) is 8.32. The van der Waals surface area contributed by atoms with E-state index in [2.05, 4.69) is 17.4 Å². The van der Waals surface area contributed by atoms with Crippen LogP contribution in [0.5, 0.6) is 0 Å². The molecule has 1 atom stereocenters. The zero-order valence-corrected chi connectivity index (χ0v) is 14.0. The molecule has 0 saturated carbocycles. The highest BCUT2D eigenvalue weighted by molar-refractivity contribution is 5.92. The minimum atomic E-state index is -0.305. The predicted octanol–water partition coefficient (Wildman–Crippen LogP) is 4.84. The minimum absolute atomic E-state index is 0.0343. The Morgan fingerprint density at radius 2 is 1.76 bits per heavy atom. The first-order chi connectivity index (χ1) is 12.1. The number of amides is 1. The average Bonchev–Trinajstić information content (AvgIpc) is 3.12. The smallest absolute Gasteiger partial charge is 0.287 e. The van der Waals surface area contributed by atoms with Gasteiger partial charge in [-0.15, -0.1) is 0 Å². The molecule has 0 fully saturated rings. The quantitative estimate of drug-likeness (QED) is 0.699. The fraction of sp³-hybridized carbons (Fsp3) is 0.190. The maximum absolute atomic E-state index is 13.0. The molecule has 3 rings (SSSR count). The zero-order chi connectivity index (χ0) is 17.6. The van der Waals surface area contributed by atoms with Gasteiger partial charge in [0.2, 0.25) is 0 Å². The van der Waals surface area contributed by atoms with E-state index in [9.17, 15) is 9.18 Å². The number of carbonyl (C=O) groups is 1. The molecule has 4 heteroatoms. The van der Waals surface area contributed by atoms with Gasteiger partial charge < -0.3 is 9.73 Å². The van der Waals surface area contributed by atoms with Gasteiger partial charge in [-0.3, -0.25) is 4.79 Å². The Bertz CT molecular complexity index is 825. The van der Waals surface area contributed by atoms with Crippen molar-refractivity contribution >= 4 is 5.91 Å². The second-order valence-electron chi connectivity index (χ2n) is 6.07. The molecular formula is C21H20FNO2. The van der Waals surface area contributed by atoms with Crippen molar-refractivity contribution in [2.75, 3.05) is 0 Å². The standard InChI is InChI=1S/C21H20FNO2/c1-15(7-8-16-5-3-2-4-6-16)23-21(24)20-14-13-19(25-20)17-9-11-18(22)12-10-17/h2-6,9-15H,7-8H2,1H3,(H,23,24)/t15-/m0/s1. The Hall–Kier alpha value is -2.88. The SMILES string of the molecule is C[C@@H](CCc1ccccc1)NC(=O)c1ccc(-c2ccc(F)cc2)o1. The molecule has 1 heterocycles. The molecular weight excluding hydrogens is 317 g/mol. The molecule has 0 unspecified atom stereocenters. The van der Waals surface area contributed by atoms with Crippen molar-refractivity contribution in [2.45, 2.75) is 25.8 Å². The number of halogens is 1. The van der Waals surface area contributed by atoms with Crippen LogP contribution < -0.4 is 5.32 Å². The Balaban J connectivity index is 1.57. The Morgan fingerprint density at radius 1 is 1.04 bits per heavy atom. The van der Waals surface area contributed by atoms with Crippen molar-refractivity contribution < 1.29 is 13.6 Å². The third-order valence-electron chi connectivity index (χ3n) is 4.04. The molecule has 2 aromatic carbocycles. The van der Waals surface area contributed by atoms with Gasteiger partial charge in [-0.1, -0.05) is 30.3 Å². The van der Waals surface area contributed by atoms with E-state index < -0.39 is 0 Å². The number of carbonyl (C=O) groups excluding carboxylic acids is 1. The molecule has 1 aromatic heterocycles. The molecule has 0 radical (unpaired) electrons. The summed E-state index contributed by atoms with van der Waals surface area (Å²) in [6.07, 6.45) is 1.75. The number of hydrogen-bond donors (Lipinski definition) is 1. The fourth-order valence-corrected chi connectivity index (χ4v) is 2.62. The largest absolute Gasteiger partial charge is 0.451 e. The Kier molecular flexibility index (Phi) is 5.29. The molecule has 1 amide bonds. The average molecular weight is 337 g/mol. The lowest BCUT2D eigenvalue weighted by molar-refractivity contribution is 0.0911.